The van der Waals surface area contributed by atoms with Gasteiger partial charge in [-0.05, 0) is 12.3 Å². The fraction of sp³-hybridized carbons (Fsp3) is 0.571. The van der Waals surface area contributed by atoms with Gasteiger partial charge in [0, 0.05) is 11.6 Å². The van der Waals surface area contributed by atoms with Gasteiger partial charge in [-0.15, -0.1) is 0 Å². The third-order valence-corrected chi connectivity index (χ3v) is 3.03. The molecule has 0 aliphatic rings. The first-order valence-corrected chi connectivity index (χ1v) is 6.14. The smallest absolute Gasteiger partial charge is 0.285 e. The second-order valence-corrected chi connectivity index (χ2v) is 4.71. The van der Waals surface area contributed by atoms with E-state index in [9.17, 15) is 8.78 Å². The Morgan fingerprint density at radius 3 is 2.24 bits per heavy atom. The summed E-state index contributed by atoms with van der Waals surface area (Å²) in [6.07, 6.45) is 0.864. The predicted octanol–water partition coefficient (Wildman–Crippen LogP) is 3.80. The van der Waals surface area contributed by atoms with E-state index >= 15 is 0 Å². The van der Waals surface area contributed by atoms with Crippen LogP contribution in [0, 0.1) is 5.92 Å². The van der Waals surface area contributed by atoms with Crippen molar-refractivity contribution in [3.8, 4) is 0 Å². The van der Waals surface area contributed by atoms with E-state index in [1.54, 1.807) is 18.2 Å². The van der Waals surface area contributed by atoms with Crippen LogP contribution in [0.25, 0.3) is 0 Å². The van der Waals surface area contributed by atoms with E-state index in [4.69, 9.17) is 0 Å². The molecule has 0 spiro atoms. The van der Waals surface area contributed by atoms with E-state index in [2.05, 4.69) is 5.32 Å². The highest BCUT2D eigenvalue weighted by atomic mass is 19.3. The normalized spacial score (nSPS) is 14.0. The number of nitrogens with one attached hydrogen (secondary N) is 1. The van der Waals surface area contributed by atoms with E-state index < -0.39 is 5.92 Å². The summed E-state index contributed by atoms with van der Waals surface area (Å²) in [5.74, 6) is -2.43. The summed E-state index contributed by atoms with van der Waals surface area (Å²) < 4.78 is 27.7. The largest absolute Gasteiger partial charge is 0.308 e. The lowest BCUT2D eigenvalue weighted by Crippen LogP contribution is -2.40. The quantitative estimate of drug-likeness (QED) is 0.798. The van der Waals surface area contributed by atoms with Crippen LogP contribution in [0.2, 0.25) is 0 Å². The predicted molar refractivity (Wildman–Crippen MR) is 67.3 cm³/mol. The second kappa shape index (κ2) is 6.10. The number of hydrogen-bond donors (Lipinski definition) is 1. The zero-order valence-electron chi connectivity index (χ0n) is 10.7. The molecule has 17 heavy (non-hydrogen) atoms. The molecule has 3 heteroatoms. The van der Waals surface area contributed by atoms with Gasteiger partial charge in [0.15, 0.2) is 0 Å². The van der Waals surface area contributed by atoms with Crippen LogP contribution in [-0.2, 0) is 5.92 Å². The summed E-state index contributed by atoms with van der Waals surface area (Å²) in [5, 5.41) is 2.96. The first-order chi connectivity index (χ1) is 7.97. The Hall–Kier alpha value is -0.960. The molecule has 0 amide bonds. The SMILES string of the molecule is CCC(NCC(F)(F)c1ccccc1)C(C)C. The van der Waals surface area contributed by atoms with Crippen molar-refractivity contribution in [3.05, 3.63) is 35.9 Å². The molecular weight excluding hydrogens is 220 g/mol. The Bertz CT molecular complexity index is 322. The summed E-state index contributed by atoms with van der Waals surface area (Å²) in [7, 11) is 0. The highest BCUT2D eigenvalue weighted by Crippen LogP contribution is 2.27. The van der Waals surface area contributed by atoms with Gasteiger partial charge in [0.2, 0.25) is 0 Å². The second-order valence-electron chi connectivity index (χ2n) is 4.71. The summed E-state index contributed by atoms with van der Waals surface area (Å²) in [4.78, 5) is 0. The molecule has 96 valence electrons. The average molecular weight is 241 g/mol. The topological polar surface area (TPSA) is 12.0 Å². The monoisotopic (exact) mass is 241 g/mol. The van der Waals surface area contributed by atoms with Gasteiger partial charge < -0.3 is 5.32 Å². The number of alkyl halides is 2. The minimum absolute atomic E-state index is 0.0751. The highest BCUT2D eigenvalue weighted by Gasteiger charge is 2.31. The number of halogens is 2. The maximum atomic E-state index is 13.9. The molecule has 0 radical (unpaired) electrons. The van der Waals surface area contributed by atoms with E-state index in [-0.39, 0.29) is 18.2 Å². The zero-order valence-corrected chi connectivity index (χ0v) is 10.7. The van der Waals surface area contributed by atoms with Crippen LogP contribution in [0.5, 0.6) is 0 Å². The molecule has 0 saturated heterocycles. The van der Waals surface area contributed by atoms with Gasteiger partial charge in [0.1, 0.15) is 0 Å². The lowest BCUT2D eigenvalue weighted by Gasteiger charge is -2.24. The molecular formula is C14H21F2N. The van der Waals surface area contributed by atoms with Crippen molar-refractivity contribution in [1.82, 2.24) is 5.32 Å². The molecule has 0 saturated carbocycles. The zero-order chi connectivity index (χ0) is 12.9. The molecule has 1 nitrogen and oxygen atoms in total. The van der Waals surface area contributed by atoms with E-state index in [1.807, 2.05) is 20.8 Å². The van der Waals surface area contributed by atoms with Crippen LogP contribution >= 0.6 is 0 Å². The van der Waals surface area contributed by atoms with Crippen LogP contribution < -0.4 is 5.32 Å². The summed E-state index contributed by atoms with van der Waals surface area (Å²) >= 11 is 0. The fourth-order valence-electron chi connectivity index (χ4n) is 1.89. The molecule has 0 aliphatic carbocycles. The first-order valence-electron chi connectivity index (χ1n) is 6.14. The van der Waals surface area contributed by atoms with Gasteiger partial charge in [0.05, 0.1) is 6.54 Å². The van der Waals surface area contributed by atoms with Gasteiger partial charge in [0.25, 0.3) is 5.92 Å². The fourth-order valence-corrected chi connectivity index (χ4v) is 1.89. The molecule has 0 aromatic heterocycles. The molecule has 1 atom stereocenters. The summed E-state index contributed by atoms with van der Waals surface area (Å²) in [6, 6.07) is 8.11. The molecule has 1 aromatic carbocycles. The van der Waals surface area contributed by atoms with E-state index in [0.717, 1.165) is 6.42 Å². The Labute approximate surface area is 102 Å². The van der Waals surface area contributed by atoms with Crippen LogP contribution in [0.15, 0.2) is 30.3 Å². The van der Waals surface area contributed by atoms with Crippen LogP contribution in [0.4, 0.5) is 8.78 Å². The number of rotatable bonds is 6. The Kier molecular flexibility index (Phi) is 5.06. The Balaban J connectivity index is 2.61. The average Bonchev–Trinajstić information content (AvgIpc) is 2.30. The minimum Gasteiger partial charge on any atom is -0.308 e. The molecule has 1 unspecified atom stereocenters. The molecule has 1 aromatic rings. The van der Waals surface area contributed by atoms with Gasteiger partial charge in [-0.2, -0.15) is 8.78 Å². The van der Waals surface area contributed by atoms with Crippen molar-refractivity contribution in [2.24, 2.45) is 5.92 Å². The minimum atomic E-state index is -2.80. The van der Waals surface area contributed by atoms with Crippen LogP contribution in [0.3, 0.4) is 0 Å². The molecule has 0 bridgehead atoms. The van der Waals surface area contributed by atoms with Crippen molar-refractivity contribution in [2.75, 3.05) is 6.54 Å². The lowest BCUT2D eigenvalue weighted by molar-refractivity contribution is -0.00717. The molecule has 0 aliphatic heterocycles. The van der Waals surface area contributed by atoms with Gasteiger partial charge in [-0.1, -0.05) is 51.1 Å². The third-order valence-electron chi connectivity index (χ3n) is 3.03. The third kappa shape index (κ3) is 4.08. The maximum absolute atomic E-state index is 13.9. The van der Waals surface area contributed by atoms with Crippen molar-refractivity contribution < 1.29 is 8.78 Å². The highest BCUT2D eigenvalue weighted by molar-refractivity contribution is 5.20. The first kappa shape index (κ1) is 14.1. The summed E-state index contributed by atoms with van der Waals surface area (Å²) in [6.45, 7) is 5.80. The molecule has 0 heterocycles. The Morgan fingerprint density at radius 2 is 1.76 bits per heavy atom. The molecule has 1 N–H and O–H groups in total. The van der Waals surface area contributed by atoms with E-state index in [0.29, 0.717) is 5.92 Å². The number of benzene rings is 1. The standard InChI is InChI=1S/C14H21F2N/c1-4-13(11(2)3)17-10-14(15,16)12-8-6-5-7-9-12/h5-9,11,13,17H,4,10H2,1-3H3. The van der Waals surface area contributed by atoms with Crippen molar-refractivity contribution in [3.63, 3.8) is 0 Å². The molecule has 0 fully saturated rings. The van der Waals surface area contributed by atoms with Crippen molar-refractivity contribution in [2.45, 2.75) is 39.2 Å². The lowest BCUT2D eigenvalue weighted by atomic mass is 10.0. The van der Waals surface area contributed by atoms with Gasteiger partial charge in [-0.25, -0.2) is 0 Å². The maximum Gasteiger partial charge on any atom is 0.285 e. The summed E-state index contributed by atoms with van der Waals surface area (Å²) in [5.41, 5.74) is 0.0751. The van der Waals surface area contributed by atoms with Crippen molar-refractivity contribution in [1.29, 1.82) is 0 Å². The van der Waals surface area contributed by atoms with Gasteiger partial charge in [-0.3, -0.25) is 0 Å². The Morgan fingerprint density at radius 1 is 1.18 bits per heavy atom. The van der Waals surface area contributed by atoms with Gasteiger partial charge >= 0.3 is 0 Å². The number of hydrogen-bond acceptors (Lipinski definition) is 1. The van der Waals surface area contributed by atoms with Crippen LogP contribution in [0.1, 0.15) is 32.8 Å². The molecule has 1 rings (SSSR count). The van der Waals surface area contributed by atoms with Crippen LogP contribution in [-0.4, -0.2) is 12.6 Å². The van der Waals surface area contributed by atoms with Crippen molar-refractivity contribution >= 4 is 0 Å². The van der Waals surface area contributed by atoms with E-state index in [1.165, 1.54) is 12.1 Å².